The lowest BCUT2D eigenvalue weighted by atomic mass is 10.3. The Morgan fingerprint density at radius 1 is 1.13 bits per heavy atom. The standard InChI is InChI=1S/C21H20ClN3O4S/c1-28-12-11-25-20(26)10-8-18(24-25)21(27)23-14-3-9-19(17(22)13-14)30-16-6-4-15(29-2)5-7-16/h3-10,13H,11-12H2,1-2H3,(H,23,27). The number of nitrogens with one attached hydrogen (secondary N) is 1. The lowest BCUT2D eigenvalue weighted by Gasteiger charge is -2.10. The first-order valence-corrected chi connectivity index (χ1v) is 10.2. The molecule has 3 rings (SSSR count). The predicted molar refractivity (Wildman–Crippen MR) is 117 cm³/mol. The zero-order valence-corrected chi connectivity index (χ0v) is 18.0. The summed E-state index contributed by atoms with van der Waals surface area (Å²) in [5, 5.41) is 7.34. The molecular formula is C21H20ClN3O4S. The molecule has 1 heterocycles. The van der Waals surface area contributed by atoms with Crippen molar-refractivity contribution in [3.05, 3.63) is 75.7 Å². The van der Waals surface area contributed by atoms with Gasteiger partial charge in [-0.1, -0.05) is 23.4 Å². The fourth-order valence-electron chi connectivity index (χ4n) is 2.54. The molecule has 0 fully saturated rings. The second-order valence-corrected chi connectivity index (χ2v) is 7.67. The normalized spacial score (nSPS) is 10.6. The van der Waals surface area contributed by atoms with Crippen LogP contribution in [-0.4, -0.2) is 36.5 Å². The molecule has 9 heteroatoms. The molecule has 30 heavy (non-hydrogen) atoms. The number of carbonyl (C=O) groups is 1. The maximum absolute atomic E-state index is 12.5. The minimum atomic E-state index is -0.437. The highest BCUT2D eigenvalue weighted by Crippen LogP contribution is 2.35. The monoisotopic (exact) mass is 445 g/mol. The zero-order valence-electron chi connectivity index (χ0n) is 16.4. The average Bonchev–Trinajstić information content (AvgIpc) is 2.75. The SMILES string of the molecule is COCCn1nc(C(=O)Nc2ccc(Sc3ccc(OC)cc3)c(Cl)c2)ccc1=O. The number of benzene rings is 2. The van der Waals surface area contributed by atoms with E-state index >= 15 is 0 Å². The van der Waals surface area contributed by atoms with Gasteiger partial charge in [0.1, 0.15) is 11.4 Å². The molecule has 1 amide bonds. The average molecular weight is 446 g/mol. The van der Waals surface area contributed by atoms with E-state index in [0.717, 1.165) is 15.5 Å². The molecule has 0 saturated carbocycles. The lowest BCUT2D eigenvalue weighted by Crippen LogP contribution is -2.27. The van der Waals surface area contributed by atoms with Crippen LogP contribution in [0.4, 0.5) is 5.69 Å². The van der Waals surface area contributed by atoms with Crippen LogP contribution < -0.4 is 15.6 Å². The molecule has 0 bridgehead atoms. The minimum absolute atomic E-state index is 0.124. The van der Waals surface area contributed by atoms with Gasteiger partial charge in [-0.05, 0) is 48.5 Å². The maximum atomic E-state index is 12.5. The van der Waals surface area contributed by atoms with E-state index in [0.29, 0.717) is 17.3 Å². The van der Waals surface area contributed by atoms with E-state index in [1.165, 1.54) is 35.7 Å². The molecule has 0 atom stereocenters. The topological polar surface area (TPSA) is 82.5 Å². The van der Waals surface area contributed by atoms with Crippen molar-refractivity contribution < 1.29 is 14.3 Å². The summed E-state index contributed by atoms with van der Waals surface area (Å²) in [5.41, 5.74) is 0.352. The van der Waals surface area contributed by atoms with E-state index < -0.39 is 5.91 Å². The van der Waals surface area contributed by atoms with Crippen molar-refractivity contribution in [2.45, 2.75) is 16.3 Å². The van der Waals surface area contributed by atoms with Gasteiger partial charge in [0, 0.05) is 28.7 Å². The van der Waals surface area contributed by atoms with Crippen molar-refractivity contribution in [3.63, 3.8) is 0 Å². The Morgan fingerprint density at radius 2 is 1.90 bits per heavy atom. The molecule has 1 N–H and O–H groups in total. The Morgan fingerprint density at radius 3 is 2.57 bits per heavy atom. The van der Waals surface area contributed by atoms with Crippen LogP contribution in [0.3, 0.4) is 0 Å². The van der Waals surface area contributed by atoms with Gasteiger partial charge in [-0.15, -0.1) is 0 Å². The maximum Gasteiger partial charge on any atom is 0.276 e. The van der Waals surface area contributed by atoms with Crippen molar-refractivity contribution in [1.29, 1.82) is 0 Å². The van der Waals surface area contributed by atoms with E-state index in [4.69, 9.17) is 21.1 Å². The van der Waals surface area contributed by atoms with Crippen LogP contribution in [-0.2, 0) is 11.3 Å². The smallest absolute Gasteiger partial charge is 0.276 e. The summed E-state index contributed by atoms with van der Waals surface area (Å²) in [6.45, 7) is 0.584. The summed E-state index contributed by atoms with van der Waals surface area (Å²) in [5.74, 6) is 0.346. The summed E-state index contributed by atoms with van der Waals surface area (Å²) < 4.78 is 11.3. The molecule has 156 valence electrons. The van der Waals surface area contributed by atoms with E-state index in [1.807, 2.05) is 30.3 Å². The number of hydrogen-bond donors (Lipinski definition) is 1. The summed E-state index contributed by atoms with van der Waals surface area (Å²) in [6.07, 6.45) is 0. The number of carbonyl (C=O) groups excluding carboxylic acids is 1. The number of anilines is 1. The molecule has 0 radical (unpaired) electrons. The number of ether oxygens (including phenoxy) is 2. The van der Waals surface area contributed by atoms with Crippen molar-refractivity contribution in [3.8, 4) is 5.75 Å². The van der Waals surface area contributed by atoms with Gasteiger partial charge in [0.2, 0.25) is 0 Å². The highest BCUT2D eigenvalue weighted by Gasteiger charge is 2.12. The Labute approximate surface area is 183 Å². The van der Waals surface area contributed by atoms with E-state index in [1.54, 1.807) is 19.2 Å². The number of methoxy groups -OCH3 is 2. The fraction of sp³-hybridized carbons (Fsp3) is 0.190. The molecule has 0 aliphatic rings. The van der Waals surface area contributed by atoms with E-state index in [2.05, 4.69) is 10.4 Å². The van der Waals surface area contributed by atoms with Crippen molar-refractivity contribution >= 4 is 35.0 Å². The highest BCUT2D eigenvalue weighted by atomic mass is 35.5. The van der Waals surface area contributed by atoms with Crippen LogP contribution >= 0.6 is 23.4 Å². The number of aromatic nitrogens is 2. The van der Waals surface area contributed by atoms with Crippen LogP contribution in [0, 0.1) is 0 Å². The van der Waals surface area contributed by atoms with Crippen LogP contribution in [0.25, 0.3) is 0 Å². The summed E-state index contributed by atoms with van der Waals surface area (Å²) >= 11 is 7.90. The summed E-state index contributed by atoms with van der Waals surface area (Å²) in [7, 11) is 3.15. The van der Waals surface area contributed by atoms with Gasteiger partial charge in [0.25, 0.3) is 11.5 Å². The Kier molecular flexibility index (Phi) is 7.51. The predicted octanol–water partition coefficient (Wildman–Crippen LogP) is 3.96. The molecule has 7 nitrogen and oxygen atoms in total. The molecule has 0 saturated heterocycles. The number of rotatable bonds is 8. The molecule has 2 aromatic carbocycles. The third-order valence-corrected chi connectivity index (χ3v) is 5.59. The molecular weight excluding hydrogens is 426 g/mol. The largest absolute Gasteiger partial charge is 0.497 e. The molecule has 1 aromatic heterocycles. The van der Waals surface area contributed by atoms with Crippen LogP contribution in [0.5, 0.6) is 5.75 Å². The molecule has 3 aromatic rings. The van der Waals surface area contributed by atoms with Crippen molar-refractivity contribution in [1.82, 2.24) is 9.78 Å². The van der Waals surface area contributed by atoms with Gasteiger partial charge in [0.05, 0.1) is 25.3 Å². The van der Waals surface area contributed by atoms with Crippen LogP contribution in [0.1, 0.15) is 10.5 Å². The minimum Gasteiger partial charge on any atom is -0.497 e. The first-order chi connectivity index (χ1) is 14.5. The van der Waals surface area contributed by atoms with E-state index in [9.17, 15) is 9.59 Å². The number of amides is 1. The van der Waals surface area contributed by atoms with Gasteiger partial charge < -0.3 is 14.8 Å². The highest BCUT2D eigenvalue weighted by molar-refractivity contribution is 7.99. The van der Waals surface area contributed by atoms with Gasteiger partial charge in [0.15, 0.2) is 0 Å². The van der Waals surface area contributed by atoms with Gasteiger partial charge in [-0.25, -0.2) is 4.68 Å². The van der Waals surface area contributed by atoms with Crippen molar-refractivity contribution in [2.75, 3.05) is 26.1 Å². The second-order valence-electron chi connectivity index (χ2n) is 6.15. The Bertz CT molecular complexity index is 1090. The molecule has 0 spiro atoms. The van der Waals surface area contributed by atoms with Crippen LogP contribution in [0.2, 0.25) is 5.02 Å². The number of halogens is 1. The van der Waals surface area contributed by atoms with Crippen molar-refractivity contribution in [2.24, 2.45) is 0 Å². The van der Waals surface area contributed by atoms with E-state index in [-0.39, 0.29) is 17.8 Å². The Hall–Kier alpha value is -2.81. The van der Waals surface area contributed by atoms with Gasteiger partial charge in [-0.2, -0.15) is 5.10 Å². The first kappa shape index (κ1) is 21.9. The third kappa shape index (κ3) is 5.63. The summed E-state index contributed by atoms with van der Waals surface area (Å²) in [6, 6.07) is 15.6. The van der Waals surface area contributed by atoms with Gasteiger partial charge in [-0.3, -0.25) is 9.59 Å². The lowest BCUT2D eigenvalue weighted by molar-refractivity contribution is 0.101. The van der Waals surface area contributed by atoms with Gasteiger partial charge >= 0.3 is 0 Å². The number of hydrogen-bond acceptors (Lipinski definition) is 6. The number of nitrogens with zero attached hydrogens (tertiary/aromatic N) is 2. The molecule has 0 aliphatic heterocycles. The summed E-state index contributed by atoms with van der Waals surface area (Å²) in [4.78, 5) is 26.2. The zero-order chi connectivity index (χ0) is 21.5. The quantitative estimate of drug-likeness (QED) is 0.565. The molecule has 0 aliphatic carbocycles. The first-order valence-electron chi connectivity index (χ1n) is 9.00. The third-order valence-electron chi connectivity index (χ3n) is 4.08. The second kappa shape index (κ2) is 10.3. The molecule has 0 unspecified atom stereocenters. The fourth-order valence-corrected chi connectivity index (χ4v) is 3.65. The van der Waals surface area contributed by atoms with Crippen LogP contribution in [0.15, 0.2) is 69.2 Å². The Balaban J connectivity index is 1.70.